The van der Waals surface area contributed by atoms with Crippen molar-refractivity contribution in [3.8, 4) is 0 Å². The summed E-state index contributed by atoms with van der Waals surface area (Å²) in [5.74, 6) is -0.208. The zero-order valence-corrected chi connectivity index (χ0v) is 13.6. The molecule has 110 valence electrons. The van der Waals surface area contributed by atoms with Gasteiger partial charge in [-0.25, -0.2) is 9.18 Å². The predicted molar refractivity (Wildman–Crippen MR) is 79.3 cm³/mol. The minimum Gasteiger partial charge on any atom is -0.444 e. The van der Waals surface area contributed by atoms with Gasteiger partial charge in [-0.2, -0.15) is 0 Å². The van der Waals surface area contributed by atoms with Gasteiger partial charge in [0.1, 0.15) is 11.4 Å². The van der Waals surface area contributed by atoms with Crippen molar-refractivity contribution in [3.63, 3.8) is 0 Å². The number of halogens is 2. The van der Waals surface area contributed by atoms with Gasteiger partial charge in [0.2, 0.25) is 0 Å². The minimum absolute atomic E-state index is 0.208. The summed E-state index contributed by atoms with van der Waals surface area (Å²) in [4.78, 5) is 13.7. The lowest BCUT2D eigenvalue weighted by atomic mass is 10.0. The number of hydrogen-bond donors (Lipinski definition) is 0. The molecule has 0 fully saturated rings. The van der Waals surface area contributed by atoms with Crippen LogP contribution in [-0.2, 0) is 17.6 Å². The van der Waals surface area contributed by atoms with Gasteiger partial charge in [-0.3, -0.25) is 0 Å². The molecule has 0 saturated carbocycles. The third-order valence-corrected chi connectivity index (χ3v) is 3.64. The average Bonchev–Trinajstić information content (AvgIpc) is 2.49. The van der Waals surface area contributed by atoms with Crippen molar-refractivity contribution in [1.29, 1.82) is 0 Å². The van der Waals surface area contributed by atoms with Gasteiger partial charge in [-0.15, -0.1) is 0 Å². The number of benzene rings is 1. The molecular formula is C15H19BrFNO2. The molecule has 2 rings (SSSR count). The zero-order valence-electron chi connectivity index (χ0n) is 12.0. The largest absolute Gasteiger partial charge is 0.444 e. The third kappa shape index (κ3) is 3.72. The van der Waals surface area contributed by atoms with E-state index in [2.05, 4.69) is 15.9 Å². The number of carbonyl (C=O) groups excluding carboxylic acids is 1. The number of rotatable bonds is 0. The summed E-state index contributed by atoms with van der Waals surface area (Å²) in [6.07, 6.45) is 0.836. The summed E-state index contributed by atoms with van der Waals surface area (Å²) >= 11 is 3.31. The summed E-state index contributed by atoms with van der Waals surface area (Å²) in [6.45, 7) is 6.56. The summed E-state index contributed by atoms with van der Waals surface area (Å²) < 4.78 is 20.1. The van der Waals surface area contributed by atoms with Crippen LogP contribution in [-0.4, -0.2) is 29.7 Å². The summed E-state index contributed by atoms with van der Waals surface area (Å²) in [5.41, 5.74) is 1.16. The molecule has 1 aliphatic rings. The van der Waals surface area contributed by atoms with E-state index in [1.54, 1.807) is 4.90 Å². The molecule has 0 saturated heterocycles. The Morgan fingerprint density at radius 2 is 1.95 bits per heavy atom. The van der Waals surface area contributed by atoms with E-state index >= 15 is 0 Å². The number of amides is 1. The van der Waals surface area contributed by atoms with Crippen LogP contribution in [0.15, 0.2) is 16.6 Å². The van der Waals surface area contributed by atoms with Crippen molar-refractivity contribution in [2.45, 2.75) is 39.2 Å². The number of nitrogens with zero attached hydrogens (tertiary/aromatic N) is 1. The lowest BCUT2D eigenvalue weighted by Gasteiger charge is -2.26. The highest BCUT2D eigenvalue weighted by Gasteiger charge is 2.25. The monoisotopic (exact) mass is 343 g/mol. The van der Waals surface area contributed by atoms with Crippen molar-refractivity contribution < 1.29 is 13.9 Å². The summed E-state index contributed by atoms with van der Waals surface area (Å²) in [7, 11) is 0. The highest BCUT2D eigenvalue weighted by atomic mass is 79.9. The Morgan fingerprint density at radius 1 is 1.30 bits per heavy atom. The summed E-state index contributed by atoms with van der Waals surface area (Å²) in [5, 5.41) is 0. The number of fused-ring (bicyclic) bond motifs is 1. The minimum atomic E-state index is -0.509. The van der Waals surface area contributed by atoms with Crippen molar-refractivity contribution in [2.75, 3.05) is 13.1 Å². The van der Waals surface area contributed by atoms with Gasteiger partial charge in [-0.1, -0.05) is 15.9 Å². The van der Waals surface area contributed by atoms with Crippen molar-refractivity contribution in [3.05, 3.63) is 33.5 Å². The van der Waals surface area contributed by atoms with Crippen LogP contribution in [0.3, 0.4) is 0 Å². The standard InChI is InChI=1S/C15H19BrFNO2/c1-15(2,3)20-14(19)18-6-4-10-8-11(16)9-13(17)12(10)5-7-18/h8-9H,4-7H2,1-3H3. The predicted octanol–water partition coefficient (Wildman–Crippen LogP) is 3.92. The maximum absolute atomic E-state index is 13.9. The van der Waals surface area contributed by atoms with E-state index in [-0.39, 0.29) is 11.9 Å². The van der Waals surface area contributed by atoms with Crippen LogP contribution in [0.25, 0.3) is 0 Å². The molecule has 5 heteroatoms. The van der Waals surface area contributed by atoms with Crippen molar-refractivity contribution in [2.24, 2.45) is 0 Å². The first kappa shape index (κ1) is 15.3. The van der Waals surface area contributed by atoms with Crippen LogP contribution in [0, 0.1) is 5.82 Å². The molecule has 0 aromatic heterocycles. The average molecular weight is 344 g/mol. The van der Waals surface area contributed by atoms with Gasteiger partial charge in [-0.05, 0) is 56.9 Å². The molecule has 0 aliphatic carbocycles. The number of hydrogen-bond acceptors (Lipinski definition) is 2. The van der Waals surface area contributed by atoms with Crippen LogP contribution in [0.1, 0.15) is 31.9 Å². The van der Waals surface area contributed by atoms with Gasteiger partial charge < -0.3 is 9.64 Å². The van der Waals surface area contributed by atoms with E-state index in [0.29, 0.717) is 31.5 Å². The van der Waals surface area contributed by atoms with Crippen LogP contribution >= 0.6 is 15.9 Å². The van der Waals surface area contributed by atoms with E-state index in [0.717, 1.165) is 10.0 Å². The topological polar surface area (TPSA) is 29.5 Å². The molecule has 1 aromatic rings. The van der Waals surface area contributed by atoms with Gasteiger partial charge in [0.15, 0.2) is 0 Å². The molecule has 1 aromatic carbocycles. The lowest BCUT2D eigenvalue weighted by Crippen LogP contribution is -2.38. The van der Waals surface area contributed by atoms with Gasteiger partial charge in [0, 0.05) is 17.6 Å². The fourth-order valence-corrected chi connectivity index (χ4v) is 2.76. The zero-order chi connectivity index (χ0) is 14.9. The molecule has 1 amide bonds. The van der Waals surface area contributed by atoms with Crippen molar-refractivity contribution >= 4 is 22.0 Å². The SMILES string of the molecule is CC(C)(C)OC(=O)N1CCc2cc(Br)cc(F)c2CC1. The van der Waals surface area contributed by atoms with Gasteiger partial charge >= 0.3 is 6.09 Å². The molecule has 0 radical (unpaired) electrons. The molecule has 0 unspecified atom stereocenters. The quantitative estimate of drug-likeness (QED) is 0.714. The van der Waals surface area contributed by atoms with E-state index in [9.17, 15) is 9.18 Å². The maximum atomic E-state index is 13.9. The van der Waals surface area contributed by atoms with E-state index < -0.39 is 5.60 Å². The molecular weight excluding hydrogens is 325 g/mol. The number of ether oxygens (including phenoxy) is 1. The lowest BCUT2D eigenvalue weighted by molar-refractivity contribution is 0.0258. The first-order valence-electron chi connectivity index (χ1n) is 6.71. The fourth-order valence-electron chi connectivity index (χ4n) is 2.28. The molecule has 0 bridgehead atoms. The highest BCUT2D eigenvalue weighted by Crippen LogP contribution is 2.24. The van der Waals surface area contributed by atoms with Gasteiger partial charge in [0.05, 0.1) is 0 Å². The normalized spacial score (nSPS) is 15.6. The van der Waals surface area contributed by atoms with Gasteiger partial charge in [0.25, 0.3) is 0 Å². The van der Waals surface area contributed by atoms with Crippen LogP contribution in [0.2, 0.25) is 0 Å². The Labute approximate surface area is 127 Å². The summed E-state index contributed by atoms with van der Waals surface area (Å²) in [6, 6.07) is 3.40. The molecule has 1 heterocycles. The second-order valence-corrected chi connectivity index (χ2v) is 6.91. The second-order valence-electron chi connectivity index (χ2n) is 5.99. The molecule has 1 aliphatic heterocycles. The van der Waals surface area contributed by atoms with Crippen LogP contribution in [0.5, 0.6) is 0 Å². The third-order valence-electron chi connectivity index (χ3n) is 3.19. The number of carbonyl (C=O) groups is 1. The first-order chi connectivity index (χ1) is 9.26. The molecule has 0 atom stereocenters. The van der Waals surface area contributed by atoms with E-state index in [1.165, 1.54) is 6.07 Å². The molecule has 0 N–H and O–H groups in total. The smallest absolute Gasteiger partial charge is 0.410 e. The van der Waals surface area contributed by atoms with E-state index in [1.807, 2.05) is 26.8 Å². The fraction of sp³-hybridized carbons (Fsp3) is 0.533. The Bertz CT molecular complexity index is 525. The second kappa shape index (κ2) is 5.72. The van der Waals surface area contributed by atoms with Crippen molar-refractivity contribution in [1.82, 2.24) is 4.90 Å². The van der Waals surface area contributed by atoms with E-state index in [4.69, 9.17) is 4.74 Å². The Balaban J connectivity index is 2.12. The molecule has 0 spiro atoms. The maximum Gasteiger partial charge on any atom is 0.410 e. The molecule has 20 heavy (non-hydrogen) atoms. The Kier molecular flexibility index (Phi) is 4.37. The molecule has 3 nitrogen and oxygen atoms in total. The van der Waals surface area contributed by atoms with Crippen LogP contribution < -0.4 is 0 Å². The Morgan fingerprint density at radius 3 is 2.60 bits per heavy atom. The first-order valence-corrected chi connectivity index (χ1v) is 7.50. The van der Waals surface area contributed by atoms with Crippen LogP contribution in [0.4, 0.5) is 9.18 Å². The highest BCUT2D eigenvalue weighted by molar-refractivity contribution is 9.10. The Hall–Kier alpha value is -1.10.